The molecule has 1 heterocycles. The Hall–Kier alpha value is -3.52. The number of nitrogens with zero attached hydrogens (tertiary/aromatic N) is 1. The highest BCUT2D eigenvalue weighted by Crippen LogP contribution is 2.26. The van der Waals surface area contributed by atoms with Crippen LogP contribution in [0.2, 0.25) is 0 Å². The molecule has 1 aromatic rings. The second-order valence-electron chi connectivity index (χ2n) is 8.59. The second-order valence-corrected chi connectivity index (χ2v) is 10.5. The molecule has 1 saturated heterocycles. The molecule has 37 heavy (non-hydrogen) atoms. The number of unbranched alkanes of at least 4 members (excludes halogenated alkanes) is 2. The lowest BCUT2D eigenvalue weighted by atomic mass is 10.1. The summed E-state index contributed by atoms with van der Waals surface area (Å²) in [6.07, 6.45) is 1.79. The van der Waals surface area contributed by atoms with Gasteiger partial charge in [0.1, 0.15) is 12.1 Å². The summed E-state index contributed by atoms with van der Waals surface area (Å²) >= 11 is 0. The first kappa shape index (κ1) is 29.7. The Morgan fingerprint density at radius 3 is 2.19 bits per heavy atom. The number of nitrogens with one attached hydrogen (secondary N) is 2. The molecule has 1 fully saturated rings. The van der Waals surface area contributed by atoms with Gasteiger partial charge in [-0.05, 0) is 56.4 Å². The number of sulfonamides is 1. The smallest absolute Gasteiger partial charge is 0.326 e. The topological polar surface area (TPSA) is 207 Å². The minimum atomic E-state index is -4.06. The standard InChI is InChI=1S/C23H31N3O10S/c27-19(28)6-2-1-3-13-24-22(32)18-5-4-14-26(18)37(35,36)16-9-7-15(8-10-16)21(31)25-17(23(33)34)11-12-20(29)30/h7-10,17-18H,1-6,11-14H2,(H,24,32)(H,25,31)(H,27,28)(H,29,30)(H,33,34). The number of carboxylic acids is 3. The van der Waals surface area contributed by atoms with Crippen LogP contribution < -0.4 is 10.6 Å². The van der Waals surface area contributed by atoms with Crippen LogP contribution in [0.4, 0.5) is 0 Å². The van der Waals surface area contributed by atoms with Crippen LogP contribution in [0.15, 0.2) is 29.2 Å². The van der Waals surface area contributed by atoms with Gasteiger partial charge in [0.15, 0.2) is 0 Å². The summed E-state index contributed by atoms with van der Waals surface area (Å²) in [4.78, 5) is 57.4. The van der Waals surface area contributed by atoms with Gasteiger partial charge in [-0.25, -0.2) is 13.2 Å². The molecule has 1 aliphatic heterocycles. The van der Waals surface area contributed by atoms with E-state index in [-0.39, 0.29) is 29.8 Å². The largest absolute Gasteiger partial charge is 0.481 e. The van der Waals surface area contributed by atoms with Crippen LogP contribution in [0.1, 0.15) is 61.7 Å². The van der Waals surface area contributed by atoms with Crippen LogP contribution >= 0.6 is 0 Å². The minimum absolute atomic E-state index is 0.0147. The molecule has 2 rings (SSSR count). The molecule has 0 saturated carbocycles. The second kappa shape index (κ2) is 13.7. The number of hydrogen-bond donors (Lipinski definition) is 5. The number of carbonyl (C=O) groups is 5. The van der Waals surface area contributed by atoms with Gasteiger partial charge in [-0.15, -0.1) is 0 Å². The van der Waals surface area contributed by atoms with Crippen molar-refractivity contribution in [2.45, 2.75) is 68.3 Å². The van der Waals surface area contributed by atoms with Crippen LogP contribution in [0, 0.1) is 0 Å². The van der Waals surface area contributed by atoms with E-state index in [1.807, 2.05) is 0 Å². The Bertz CT molecular complexity index is 1100. The van der Waals surface area contributed by atoms with Crippen molar-refractivity contribution in [3.63, 3.8) is 0 Å². The molecular weight excluding hydrogens is 510 g/mol. The number of aliphatic carboxylic acids is 3. The van der Waals surface area contributed by atoms with E-state index in [4.69, 9.17) is 10.2 Å². The summed E-state index contributed by atoms with van der Waals surface area (Å²) in [6.45, 7) is 0.446. The van der Waals surface area contributed by atoms with Gasteiger partial charge in [0.05, 0.1) is 4.90 Å². The number of hydrogen-bond acceptors (Lipinski definition) is 7. The van der Waals surface area contributed by atoms with Crippen molar-refractivity contribution < 1.29 is 47.7 Å². The van der Waals surface area contributed by atoms with Crippen molar-refractivity contribution >= 4 is 39.7 Å². The van der Waals surface area contributed by atoms with Crippen LogP contribution in [0.5, 0.6) is 0 Å². The molecule has 1 aliphatic rings. The molecule has 204 valence electrons. The quantitative estimate of drug-likeness (QED) is 0.196. The molecule has 2 amide bonds. The van der Waals surface area contributed by atoms with Crippen LogP contribution in [-0.4, -0.2) is 82.9 Å². The van der Waals surface area contributed by atoms with E-state index in [2.05, 4.69) is 10.6 Å². The molecule has 13 nitrogen and oxygen atoms in total. The number of carboxylic acid groups (broad SMARTS) is 3. The van der Waals surface area contributed by atoms with E-state index in [1.165, 1.54) is 24.3 Å². The number of carbonyl (C=O) groups excluding carboxylic acids is 2. The monoisotopic (exact) mass is 541 g/mol. The van der Waals surface area contributed by atoms with Gasteiger partial charge in [0.2, 0.25) is 15.9 Å². The van der Waals surface area contributed by atoms with Crippen molar-refractivity contribution in [3.05, 3.63) is 29.8 Å². The third-order valence-corrected chi connectivity index (χ3v) is 7.77. The highest BCUT2D eigenvalue weighted by Gasteiger charge is 2.39. The van der Waals surface area contributed by atoms with E-state index in [1.54, 1.807) is 0 Å². The fourth-order valence-electron chi connectivity index (χ4n) is 3.88. The highest BCUT2D eigenvalue weighted by atomic mass is 32.2. The lowest BCUT2D eigenvalue weighted by molar-refractivity contribution is -0.141. The van der Waals surface area contributed by atoms with Crippen LogP contribution in [0.25, 0.3) is 0 Å². The molecule has 0 aliphatic carbocycles. The summed E-state index contributed by atoms with van der Waals surface area (Å²) in [5.41, 5.74) is -0.0147. The van der Waals surface area contributed by atoms with Crippen molar-refractivity contribution in [3.8, 4) is 0 Å². The van der Waals surface area contributed by atoms with Crippen molar-refractivity contribution in [1.82, 2.24) is 14.9 Å². The zero-order valence-corrected chi connectivity index (χ0v) is 20.9. The lowest BCUT2D eigenvalue weighted by Crippen LogP contribution is -2.46. The van der Waals surface area contributed by atoms with Crippen LogP contribution in [-0.2, 0) is 29.2 Å². The Balaban J connectivity index is 2.00. The molecule has 0 radical (unpaired) electrons. The van der Waals surface area contributed by atoms with Gasteiger partial charge >= 0.3 is 17.9 Å². The summed E-state index contributed by atoms with van der Waals surface area (Å²) in [6, 6.07) is 2.48. The highest BCUT2D eigenvalue weighted by molar-refractivity contribution is 7.89. The SMILES string of the molecule is O=C(O)CCCCCNC(=O)C1CCCN1S(=O)(=O)c1ccc(C(=O)NC(CCC(=O)O)C(=O)O)cc1. The van der Waals surface area contributed by atoms with Crippen molar-refractivity contribution in [1.29, 1.82) is 0 Å². The van der Waals surface area contributed by atoms with Gasteiger partial charge in [-0.1, -0.05) is 6.42 Å². The maximum absolute atomic E-state index is 13.2. The first-order valence-corrected chi connectivity index (χ1v) is 13.2. The normalized spacial score (nSPS) is 16.6. The molecule has 0 spiro atoms. The first-order valence-electron chi connectivity index (χ1n) is 11.8. The van der Waals surface area contributed by atoms with Gasteiger partial charge in [-0.2, -0.15) is 4.31 Å². The Morgan fingerprint density at radius 2 is 1.59 bits per heavy atom. The molecule has 2 unspecified atom stereocenters. The zero-order chi connectivity index (χ0) is 27.6. The predicted molar refractivity (Wildman–Crippen MR) is 128 cm³/mol. The Morgan fingerprint density at radius 1 is 0.946 bits per heavy atom. The first-order chi connectivity index (χ1) is 17.4. The fraction of sp³-hybridized carbons (Fsp3) is 0.522. The van der Waals surface area contributed by atoms with Crippen LogP contribution in [0.3, 0.4) is 0 Å². The summed E-state index contributed by atoms with van der Waals surface area (Å²) in [5, 5.41) is 31.5. The Kier molecular flexibility index (Phi) is 11.0. The summed E-state index contributed by atoms with van der Waals surface area (Å²) in [5.74, 6) is -4.73. The number of amides is 2. The van der Waals surface area contributed by atoms with E-state index in [0.29, 0.717) is 38.6 Å². The molecule has 0 bridgehead atoms. The zero-order valence-electron chi connectivity index (χ0n) is 20.1. The van der Waals surface area contributed by atoms with E-state index in [0.717, 1.165) is 4.31 Å². The van der Waals surface area contributed by atoms with Gasteiger partial charge in [0.25, 0.3) is 5.91 Å². The summed E-state index contributed by atoms with van der Waals surface area (Å²) in [7, 11) is -4.06. The lowest BCUT2D eigenvalue weighted by Gasteiger charge is -2.23. The molecule has 14 heteroatoms. The average molecular weight is 542 g/mol. The molecule has 2 atom stereocenters. The van der Waals surface area contributed by atoms with Gasteiger partial charge in [-0.3, -0.25) is 19.2 Å². The maximum atomic E-state index is 13.2. The predicted octanol–water partition coefficient (Wildman–Crippen LogP) is 0.649. The molecule has 5 N–H and O–H groups in total. The molecular formula is C23H31N3O10S. The minimum Gasteiger partial charge on any atom is -0.481 e. The fourth-order valence-corrected chi connectivity index (χ4v) is 5.53. The Labute approximate surface area is 213 Å². The third kappa shape index (κ3) is 8.82. The summed E-state index contributed by atoms with van der Waals surface area (Å²) < 4.78 is 27.5. The van der Waals surface area contributed by atoms with Crippen molar-refractivity contribution in [2.24, 2.45) is 0 Å². The number of rotatable bonds is 15. The van der Waals surface area contributed by atoms with Gasteiger partial charge < -0.3 is 26.0 Å². The molecule has 0 aromatic heterocycles. The maximum Gasteiger partial charge on any atom is 0.326 e. The van der Waals surface area contributed by atoms with Gasteiger partial charge in [0, 0.05) is 31.5 Å². The average Bonchev–Trinajstić information content (AvgIpc) is 3.34. The number of benzene rings is 1. The third-order valence-electron chi connectivity index (χ3n) is 5.85. The van der Waals surface area contributed by atoms with E-state index < -0.39 is 58.3 Å². The van der Waals surface area contributed by atoms with E-state index >= 15 is 0 Å². The molecule has 1 aromatic carbocycles. The van der Waals surface area contributed by atoms with Crippen molar-refractivity contribution in [2.75, 3.05) is 13.1 Å². The van der Waals surface area contributed by atoms with E-state index in [9.17, 15) is 37.5 Å².